The first-order valence-electron chi connectivity index (χ1n) is 14.2. The maximum absolute atomic E-state index is 11.7. The number of carboxylic acids is 2. The molecule has 5 rings (SSSR count). The first-order chi connectivity index (χ1) is 22.0. The Morgan fingerprint density at radius 3 is 2.02 bits per heavy atom. The molecule has 2 atom stereocenters. The van der Waals surface area contributed by atoms with Gasteiger partial charge in [-0.3, -0.25) is 4.79 Å². The molecule has 5 N–H and O–H groups in total. The average molecular weight is 668 g/mol. The van der Waals surface area contributed by atoms with E-state index in [-0.39, 0.29) is 0 Å². The summed E-state index contributed by atoms with van der Waals surface area (Å²) < 4.78 is 64.9. The molecule has 0 spiro atoms. The van der Waals surface area contributed by atoms with E-state index in [1.807, 2.05) is 23.0 Å². The van der Waals surface area contributed by atoms with Gasteiger partial charge in [-0.25, -0.2) is 4.68 Å². The number of aliphatic carboxylic acids is 2. The van der Waals surface area contributed by atoms with Gasteiger partial charge in [0.15, 0.2) is 0 Å². The second-order valence-corrected chi connectivity index (χ2v) is 10.7. The Morgan fingerprint density at radius 2 is 1.47 bits per heavy atom. The number of nitrogens with zero attached hydrogens (tertiary/aromatic N) is 2. The number of nitrogens with one attached hydrogen (secondary N) is 1. The number of carboxylic acid groups (broad SMARTS) is 2. The van der Waals surface area contributed by atoms with E-state index in [1.54, 1.807) is 11.0 Å². The summed E-state index contributed by atoms with van der Waals surface area (Å²) in [4.78, 5) is 30.9. The van der Waals surface area contributed by atoms with Crippen LogP contribution in [0.5, 0.6) is 0 Å². The third-order valence-corrected chi connectivity index (χ3v) is 7.13. The highest BCUT2D eigenvalue weighted by Gasteiger charge is 2.29. The number of amides is 1. The van der Waals surface area contributed by atoms with Gasteiger partial charge >= 0.3 is 12.4 Å². The van der Waals surface area contributed by atoms with E-state index in [1.165, 1.54) is 37.2 Å². The van der Waals surface area contributed by atoms with Crippen molar-refractivity contribution in [3.63, 3.8) is 0 Å². The van der Waals surface area contributed by atoms with Crippen LogP contribution >= 0.6 is 0 Å². The number of carbonyl (C=O) groups is 3. The Hall–Kier alpha value is -4.96. The SMILES string of the molecule is NC(=O)c1cccc2cn(-c3ccc(C[NH2+]CC4CC[NH+](Cc5ccccc5)C4)cc3)nc12.O=C([O-])C(F)(F)F.O=C([O-])C(F)(F)F. The molecule has 47 heavy (non-hydrogen) atoms. The Kier molecular flexibility index (Phi) is 12.5. The maximum Gasteiger partial charge on any atom is 0.430 e. The van der Waals surface area contributed by atoms with E-state index in [2.05, 4.69) is 65.0 Å². The summed E-state index contributed by atoms with van der Waals surface area (Å²) in [6.07, 6.45) is -7.13. The van der Waals surface area contributed by atoms with Crippen molar-refractivity contribution in [3.8, 4) is 5.69 Å². The van der Waals surface area contributed by atoms with Crippen LogP contribution in [0.2, 0.25) is 0 Å². The molecule has 0 radical (unpaired) electrons. The molecule has 1 aliphatic rings. The number of carbonyl (C=O) groups excluding carboxylic acids is 3. The van der Waals surface area contributed by atoms with Crippen LogP contribution in [0.4, 0.5) is 26.3 Å². The molecular weight excluding hydrogens is 636 g/mol. The zero-order valence-corrected chi connectivity index (χ0v) is 24.7. The van der Waals surface area contributed by atoms with Crippen molar-refractivity contribution in [2.24, 2.45) is 11.7 Å². The summed E-state index contributed by atoms with van der Waals surface area (Å²) >= 11 is 0. The van der Waals surface area contributed by atoms with Crippen molar-refractivity contribution in [2.75, 3.05) is 19.6 Å². The lowest BCUT2D eigenvalue weighted by atomic mass is 10.1. The van der Waals surface area contributed by atoms with Gasteiger partial charge in [0.25, 0.3) is 5.91 Å². The molecule has 16 heteroatoms. The van der Waals surface area contributed by atoms with Crippen LogP contribution in [0.1, 0.15) is 27.9 Å². The highest BCUT2D eigenvalue weighted by atomic mass is 19.4. The molecule has 0 bridgehead atoms. The van der Waals surface area contributed by atoms with E-state index in [9.17, 15) is 31.1 Å². The van der Waals surface area contributed by atoms with E-state index < -0.39 is 30.2 Å². The fourth-order valence-corrected chi connectivity index (χ4v) is 4.91. The lowest BCUT2D eigenvalue weighted by Crippen LogP contribution is -3.09. The number of rotatable bonds is 8. The number of likely N-dealkylation sites (tertiary alicyclic amines) is 1. The van der Waals surface area contributed by atoms with Crippen molar-refractivity contribution in [1.29, 1.82) is 0 Å². The molecule has 1 saturated heterocycles. The van der Waals surface area contributed by atoms with Crippen LogP contribution in [0.3, 0.4) is 0 Å². The van der Waals surface area contributed by atoms with Crippen molar-refractivity contribution < 1.29 is 61.2 Å². The lowest BCUT2D eigenvalue weighted by Gasteiger charge is -2.13. The summed E-state index contributed by atoms with van der Waals surface area (Å²) in [5.41, 5.74) is 10.3. The maximum atomic E-state index is 11.7. The molecule has 0 aliphatic carbocycles. The first-order valence-corrected chi connectivity index (χ1v) is 14.2. The van der Waals surface area contributed by atoms with Gasteiger partial charge in [-0.05, 0) is 18.2 Å². The van der Waals surface area contributed by atoms with Gasteiger partial charge in [0.05, 0.1) is 36.8 Å². The van der Waals surface area contributed by atoms with Gasteiger partial charge in [0.1, 0.15) is 30.5 Å². The lowest BCUT2D eigenvalue weighted by molar-refractivity contribution is -0.903. The third kappa shape index (κ3) is 11.4. The van der Waals surface area contributed by atoms with Crippen LogP contribution in [0.25, 0.3) is 16.6 Å². The van der Waals surface area contributed by atoms with Crippen molar-refractivity contribution in [2.45, 2.75) is 31.9 Å². The molecule has 0 saturated carbocycles. The number of benzene rings is 3. The normalized spacial score (nSPS) is 16.0. The molecule has 252 valence electrons. The number of quaternary nitrogens is 2. The Morgan fingerprint density at radius 1 is 0.872 bits per heavy atom. The number of hydrogen-bond acceptors (Lipinski definition) is 6. The number of fused-ring (bicyclic) bond motifs is 1. The van der Waals surface area contributed by atoms with Crippen LogP contribution in [0.15, 0.2) is 79.0 Å². The quantitative estimate of drug-likeness (QED) is 0.222. The summed E-state index contributed by atoms with van der Waals surface area (Å²) in [6.45, 7) is 5.85. The predicted octanol–water partition coefficient (Wildman–Crippen LogP) is -0.110. The highest BCUT2D eigenvalue weighted by Crippen LogP contribution is 2.19. The smallest absolute Gasteiger partial charge is 0.430 e. The highest BCUT2D eigenvalue weighted by molar-refractivity contribution is 6.04. The summed E-state index contributed by atoms with van der Waals surface area (Å²) in [6, 6.07) is 24.8. The topological polar surface area (TPSA) is 162 Å². The van der Waals surface area contributed by atoms with Gasteiger partial charge in [-0.1, -0.05) is 54.6 Å². The Labute approximate surface area is 264 Å². The largest absolute Gasteiger partial charge is 0.542 e. The molecule has 2 heterocycles. The average Bonchev–Trinajstić information content (AvgIpc) is 3.64. The predicted molar refractivity (Wildman–Crippen MR) is 151 cm³/mol. The minimum atomic E-state index is -5.19. The number of nitrogens with two attached hydrogens (primary N) is 2. The number of aromatic nitrogens is 2. The van der Waals surface area contributed by atoms with Crippen molar-refractivity contribution in [3.05, 3.63) is 95.7 Å². The number of primary amides is 1. The van der Waals surface area contributed by atoms with Gasteiger partial charge < -0.3 is 35.8 Å². The number of halogens is 6. The van der Waals surface area contributed by atoms with Crippen LogP contribution in [-0.2, 0) is 22.7 Å². The summed E-state index contributed by atoms with van der Waals surface area (Å²) in [5, 5.41) is 25.5. The molecule has 3 aromatic carbocycles. The molecule has 1 fully saturated rings. The minimum absolute atomic E-state index is 0.452. The minimum Gasteiger partial charge on any atom is -0.542 e. The standard InChI is InChI=1S/C27H29N5O.2C2HF3O2/c28-27(33)25-8-4-7-23-19-32(30-26(23)25)24-11-9-20(10-12-24)15-29-16-22-13-14-31(18-22)17-21-5-2-1-3-6-21;2*3-2(4,5)1(6)7/h1-12,19,22,29H,13-18H2,(H2,28,33);2*(H,6,7). The summed E-state index contributed by atoms with van der Waals surface area (Å²) in [5.74, 6) is -5.68. The second-order valence-electron chi connectivity index (χ2n) is 10.7. The van der Waals surface area contributed by atoms with Crippen LogP contribution < -0.4 is 26.2 Å². The van der Waals surface area contributed by atoms with Gasteiger partial charge in [-0.15, -0.1) is 0 Å². The molecule has 2 unspecified atom stereocenters. The van der Waals surface area contributed by atoms with Crippen LogP contribution in [0, 0.1) is 5.92 Å². The molecule has 10 nitrogen and oxygen atoms in total. The van der Waals surface area contributed by atoms with E-state index in [0.717, 1.165) is 30.1 Å². The molecule has 1 amide bonds. The van der Waals surface area contributed by atoms with Gasteiger partial charge in [0, 0.05) is 29.1 Å². The summed E-state index contributed by atoms with van der Waals surface area (Å²) in [7, 11) is 0. The van der Waals surface area contributed by atoms with E-state index in [4.69, 9.17) is 25.5 Å². The van der Waals surface area contributed by atoms with Crippen LogP contribution in [-0.4, -0.2) is 59.6 Å². The zero-order chi connectivity index (χ0) is 34.8. The second kappa shape index (κ2) is 16.0. The van der Waals surface area contributed by atoms with Crippen molar-refractivity contribution >= 4 is 28.7 Å². The number of hydrogen-bond donors (Lipinski definition) is 3. The number of alkyl halides is 6. The van der Waals surface area contributed by atoms with Crippen molar-refractivity contribution in [1.82, 2.24) is 9.78 Å². The molecule has 4 aromatic rings. The molecule has 1 aromatic heterocycles. The third-order valence-electron chi connectivity index (χ3n) is 7.13. The molecular formula is C31H31F6N5O5. The Bertz CT molecular complexity index is 1620. The van der Waals surface area contributed by atoms with E-state index >= 15 is 0 Å². The first kappa shape index (κ1) is 36.5. The van der Waals surface area contributed by atoms with Gasteiger partial charge in [0.2, 0.25) is 0 Å². The zero-order valence-electron chi connectivity index (χ0n) is 24.7. The van der Waals surface area contributed by atoms with Gasteiger partial charge in [-0.2, -0.15) is 31.4 Å². The fourth-order valence-electron chi connectivity index (χ4n) is 4.91. The van der Waals surface area contributed by atoms with E-state index in [0.29, 0.717) is 11.1 Å². The fraction of sp³-hybridized carbons (Fsp3) is 0.290. The monoisotopic (exact) mass is 667 g/mol. The molecule has 1 aliphatic heterocycles. The Balaban J connectivity index is 0.000000360.